The van der Waals surface area contributed by atoms with Gasteiger partial charge in [0.25, 0.3) is 5.91 Å². The number of hydrogen-bond donors (Lipinski definition) is 3. The van der Waals surface area contributed by atoms with Crippen molar-refractivity contribution in [3.05, 3.63) is 89.8 Å². The number of fused-ring (bicyclic) bond motifs is 1. The van der Waals surface area contributed by atoms with E-state index in [2.05, 4.69) is 15.7 Å². The molecule has 2 heterocycles. The van der Waals surface area contributed by atoms with E-state index in [1.165, 1.54) is 6.20 Å². The Labute approximate surface area is 178 Å². The van der Waals surface area contributed by atoms with Gasteiger partial charge in [-0.3, -0.25) is 4.79 Å². The Morgan fingerprint density at radius 3 is 2.58 bits per heavy atom. The molecule has 8 heteroatoms. The summed E-state index contributed by atoms with van der Waals surface area (Å²) < 4.78 is 6.70. The van der Waals surface area contributed by atoms with Crippen molar-refractivity contribution in [3.8, 4) is 5.75 Å². The van der Waals surface area contributed by atoms with Crippen LogP contribution in [0.15, 0.2) is 78.6 Å². The first-order valence-electron chi connectivity index (χ1n) is 9.53. The largest absolute Gasteiger partial charge is 0.497 e. The van der Waals surface area contributed by atoms with Gasteiger partial charge in [-0.25, -0.2) is 9.48 Å². The van der Waals surface area contributed by atoms with Crippen LogP contribution in [-0.2, 0) is 4.79 Å². The number of allylic oxidation sites excluding steroid dienone is 2. The third kappa shape index (κ3) is 4.32. The molecule has 0 bridgehead atoms. The van der Waals surface area contributed by atoms with E-state index >= 15 is 0 Å². The highest BCUT2D eigenvalue weighted by atomic mass is 16.5. The standard InChI is InChI=1S/C23H20N4O4/c1-31-18-11-8-16(9-12-18)25-22(28)19-14-24-27-17(10-7-15-5-3-2-4-6-15)13-20(23(29)30)26-21(19)27/h2-14,17,26H,1H3,(H,25,28)(H,29,30)/b10-7+/t17-/m1/s1. The predicted molar refractivity (Wildman–Crippen MR) is 117 cm³/mol. The fourth-order valence-electron chi connectivity index (χ4n) is 3.20. The first-order valence-corrected chi connectivity index (χ1v) is 9.53. The lowest BCUT2D eigenvalue weighted by molar-refractivity contribution is -0.132. The van der Waals surface area contributed by atoms with Crippen LogP contribution in [0.5, 0.6) is 5.75 Å². The van der Waals surface area contributed by atoms with Crippen LogP contribution < -0.4 is 15.4 Å². The van der Waals surface area contributed by atoms with Gasteiger partial charge in [0.05, 0.1) is 19.3 Å². The monoisotopic (exact) mass is 416 g/mol. The zero-order chi connectivity index (χ0) is 21.8. The second kappa shape index (κ2) is 8.58. The number of amides is 1. The van der Waals surface area contributed by atoms with E-state index in [1.54, 1.807) is 42.1 Å². The van der Waals surface area contributed by atoms with Crippen LogP contribution in [0, 0.1) is 0 Å². The zero-order valence-electron chi connectivity index (χ0n) is 16.6. The molecule has 1 aliphatic rings. The second-order valence-corrected chi connectivity index (χ2v) is 6.80. The zero-order valence-corrected chi connectivity index (χ0v) is 16.6. The maximum atomic E-state index is 12.8. The molecule has 1 aromatic heterocycles. The number of carboxylic acid groups (broad SMARTS) is 1. The number of anilines is 2. The highest BCUT2D eigenvalue weighted by molar-refractivity contribution is 6.08. The van der Waals surface area contributed by atoms with Crippen LogP contribution in [0.4, 0.5) is 11.5 Å². The van der Waals surface area contributed by atoms with Crippen molar-refractivity contribution < 1.29 is 19.4 Å². The summed E-state index contributed by atoms with van der Waals surface area (Å²) in [4.78, 5) is 24.5. The van der Waals surface area contributed by atoms with Crippen molar-refractivity contribution in [1.29, 1.82) is 0 Å². The second-order valence-electron chi connectivity index (χ2n) is 6.80. The Morgan fingerprint density at radius 2 is 1.90 bits per heavy atom. The van der Waals surface area contributed by atoms with Crippen LogP contribution in [0.1, 0.15) is 22.0 Å². The number of nitrogens with zero attached hydrogens (tertiary/aromatic N) is 2. The molecule has 1 aliphatic heterocycles. The number of carboxylic acids is 1. The molecule has 1 amide bonds. The predicted octanol–water partition coefficient (Wildman–Crippen LogP) is 3.79. The molecule has 0 aliphatic carbocycles. The molecule has 156 valence electrons. The molecule has 2 aromatic carbocycles. The minimum Gasteiger partial charge on any atom is -0.497 e. The van der Waals surface area contributed by atoms with Crippen LogP contribution in [0.2, 0.25) is 0 Å². The number of methoxy groups -OCH3 is 1. The van der Waals surface area contributed by atoms with E-state index in [1.807, 2.05) is 42.5 Å². The topological polar surface area (TPSA) is 105 Å². The fourth-order valence-corrected chi connectivity index (χ4v) is 3.20. The number of benzene rings is 2. The van der Waals surface area contributed by atoms with Crippen LogP contribution in [-0.4, -0.2) is 33.9 Å². The van der Waals surface area contributed by atoms with E-state index < -0.39 is 17.9 Å². The molecule has 3 aromatic rings. The summed E-state index contributed by atoms with van der Waals surface area (Å²) in [6, 6.07) is 16.1. The lowest BCUT2D eigenvalue weighted by Gasteiger charge is -2.22. The molecule has 1 atom stereocenters. The van der Waals surface area contributed by atoms with Gasteiger partial charge in [0.15, 0.2) is 0 Å². The van der Waals surface area contributed by atoms with Crippen molar-refractivity contribution in [2.75, 3.05) is 17.7 Å². The van der Waals surface area contributed by atoms with E-state index in [-0.39, 0.29) is 11.3 Å². The summed E-state index contributed by atoms with van der Waals surface area (Å²) in [6.07, 6.45) is 6.69. The molecular weight excluding hydrogens is 396 g/mol. The van der Waals surface area contributed by atoms with E-state index in [0.717, 1.165) is 5.56 Å². The Bertz CT molecular complexity index is 1160. The molecule has 4 rings (SSSR count). The van der Waals surface area contributed by atoms with Crippen molar-refractivity contribution >= 4 is 29.5 Å². The molecule has 3 N–H and O–H groups in total. The Morgan fingerprint density at radius 1 is 1.16 bits per heavy atom. The quantitative estimate of drug-likeness (QED) is 0.565. The van der Waals surface area contributed by atoms with Gasteiger partial charge in [-0.15, -0.1) is 0 Å². The normalized spacial score (nSPS) is 15.0. The Balaban J connectivity index is 1.62. The summed E-state index contributed by atoms with van der Waals surface area (Å²) in [7, 11) is 1.56. The van der Waals surface area contributed by atoms with Crippen molar-refractivity contribution in [2.24, 2.45) is 0 Å². The lowest BCUT2D eigenvalue weighted by Crippen LogP contribution is -2.24. The van der Waals surface area contributed by atoms with Gasteiger partial charge < -0.3 is 20.5 Å². The number of aliphatic carboxylic acids is 1. The van der Waals surface area contributed by atoms with E-state index in [9.17, 15) is 14.7 Å². The number of carbonyl (C=O) groups excluding carboxylic acids is 1. The summed E-state index contributed by atoms with van der Waals surface area (Å²) in [6.45, 7) is 0. The molecular formula is C23H20N4O4. The van der Waals surface area contributed by atoms with Crippen molar-refractivity contribution in [1.82, 2.24) is 9.78 Å². The summed E-state index contributed by atoms with van der Waals surface area (Å²) in [5.41, 5.74) is 1.77. The summed E-state index contributed by atoms with van der Waals surface area (Å²) >= 11 is 0. The Kier molecular flexibility index (Phi) is 5.53. The van der Waals surface area contributed by atoms with Gasteiger partial charge in [0.2, 0.25) is 0 Å². The van der Waals surface area contributed by atoms with Gasteiger partial charge in [0, 0.05) is 5.69 Å². The van der Waals surface area contributed by atoms with Gasteiger partial charge in [-0.05, 0) is 35.9 Å². The van der Waals surface area contributed by atoms with Gasteiger partial charge in [-0.2, -0.15) is 5.10 Å². The third-order valence-corrected chi connectivity index (χ3v) is 4.78. The number of carbonyl (C=O) groups is 2. The molecule has 0 unspecified atom stereocenters. The molecule has 0 radical (unpaired) electrons. The lowest BCUT2D eigenvalue weighted by atomic mass is 10.1. The number of rotatable bonds is 6. The number of nitrogens with one attached hydrogen (secondary N) is 2. The molecule has 0 saturated carbocycles. The number of ether oxygens (including phenoxy) is 1. The van der Waals surface area contributed by atoms with Crippen molar-refractivity contribution in [2.45, 2.75) is 6.04 Å². The van der Waals surface area contributed by atoms with Gasteiger partial charge in [0.1, 0.15) is 22.8 Å². The minimum atomic E-state index is -1.12. The van der Waals surface area contributed by atoms with E-state index in [4.69, 9.17) is 4.74 Å². The molecule has 0 spiro atoms. The highest BCUT2D eigenvalue weighted by Gasteiger charge is 2.27. The van der Waals surface area contributed by atoms with Crippen LogP contribution in [0.25, 0.3) is 6.08 Å². The maximum Gasteiger partial charge on any atom is 0.352 e. The van der Waals surface area contributed by atoms with Crippen LogP contribution in [0.3, 0.4) is 0 Å². The average molecular weight is 416 g/mol. The number of hydrogen-bond acceptors (Lipinski definition) is 5. The first kappa shape index (κ1) is 20.0. The highest BCUT2D eigenvalue weighted by Crippen LogP contribution is 2.30. The van der Waals surface area contributed by atoms with E-state index in [0.29, 0.717) is 17.3 Å². The first-order chi connectivity index (χ1) is 15.0. The minimum absolute atomic E-state index is 0.0193. The fraction of sp³-hybridized carbons (Fsp3) is 0.0870. The molecule has 8 nitrogen and oxygen atoms in total. The molecule has 0 fully saturated rings. The van der Waals surface area contributed by atoms with Gasteiger partial charge >= 0.3 is 5.97 Å². The Hall–Kier alpha value is -4.33. The third-order valence-electron chi connectivity index (χ3n) is 4.78. The van der Waals surface area contributed by atoms with Crippen molar-refractivity contribution in [3.63, 3.8) is 0 Å². The average Bonchev–Trinajstić information content (AvgIpc) is 3.23. The number of aromatic nitrogens is 2. The molecule has 0 saturated heterocycles. The maximum absolute atomic E-state index is 12.8. The summed E-state index contributed by atoms with van der Waals surface area (Å²) in [5.74, 6) is -0.538. The smallest absolute Gasteiger partial charge is 0.352 e. The van der Waals surface area contributed by atoms with Crippen LogP contribution >= 0.6 is 0 Å². The SMILES string of the molecule is COc1ccc(NC(=O)c2cnn3c2NC(C(=O)O)=C[C@H]3/C=C/c2ccccc2)cc1. The molecule has 31 heavy (non-hydrogen) atoms. The van der Waals surface area contributed by atoms with Gasteiger partial charge in [-0.1, -0.05) is 42.5 Å². The summed E-state index contributed by atoms with van der Waals surface area (Å²) in [5, 5.41) is 19.4.